The van der Waals surface area contributed by atoms with E-state index in [0.29, 0.717) is 0 Å². The fourth-order valence-electron chi connectivity index (χ4n) is 0.803. The minimum Gasteiger partial charge on any atom is -0.470 e. The highest BCUT2D eigenvalue weighted by atomic mass is 16.6. The van der Waals surface area contributed by atoms with E-state index in [1.54, 1.807) is 0 Å². The van der Waals surface area contributed by atoms with Crippen molar-refractivity contribution in [1.82, 2.24) is 9.97 Å². The predicted octanol–water partition coefficient (Wildman–Crippen LogP) is -0.959. The molecule has 1 heterocycles. The van der Waals surface area contributed by atoms with Gasteiger partial charge in [0.15, 0.2) is 0 Å². The van der Waals surface area contributed by atoms with Gasteiger partial charge in [0.2, 0.25) is 5.95 Å². The molecule has 0 aliphatic carbocycles. The molecule has 0 aliphatic heterocycles. The number of nitrogens with zero attached hydrogens (tertiary/aromatic N) is 3. The third-order valence-electron chi connectivity index (χ3n) is 1.39. The van der Waals surface area contributed by atoms with Gasteiger partial charge in [-0.25, -0.2) is 10.8 Å². The van der Waals surface area contributed by atoms with E-state index in [1.807, 2.05) is 0 Å². The number of nitrogens with one attached hydrogen (secondary N) is 1. The number of ether oxygens (including phenoxy) is 1. The molecule has 9 nitrogen and oxygen atoms in total. The molecule has 0 saturated carbocycles. The maximum atomic E-state index is 10.5. The summed E-state index contributed by atoms with van der Waals surface area (Å²) in [5, 5.41) is 19.0. The van der Waals surface area contributed by atoms with Crippen molar-refractivity contribution >= 4 is 11.6 Å². The van der Waals surface area contributed by atoms with Crippen LogP contribution < -0.4 is 16.0 Å². The van der Waals surface area contributed by atoms with Crippen LogP contribution in [0.2, 0.25) is 0 Å². The van der Waals surface area contributed by atoms with Crippen LogP contribution in [0.1, 0.15) is 0 Å². The van der Waals surface area contributed by atoms with Gasteiger partial charge in [-0.05, 0) is 0 Å². The molecule has 0 bridgehead atoms. The molecule has 15 heavy (non-hydrogen) atoms. The van der Waals surface area contributed by atoms with Gasteiger partial charge in [0, 0.05) is 0 Å². The molecule has 0 fully saturated rings. The number of nitrogen functional groups attached to an aromatic ring is 1. The number of hydrogen-bond acceptors (Lipinski definition) is 8. The Labute approximate surface area is 84.0 Å². The summed E-state index contributed by atoms with van der Waals surface area (Å²) < 4.78 is 4.85. The quantitative estimate of drug-likeness (QED) is 0.324. The first-order valence-corrected chi connectivity index (χ1v) is 3.90. The second kappa shape index (κ2) is 5.02. The standard InChI is InChI=1S/C6H9N5O4/c7-10-6-8-3-4(11(13)14)5(9-6)15-2-1-12/h3,12H,1-2,7H2,(H,8,9,10). The summed E-state index contributed by atoms with van der Waals surface area (Å²) in [6.45, 7) is -0.367. The fourth-order valence-corrected chi connectivity index (χ4v) is 0.803. The fraction of sp³-hybridized carbons (Fsp3) is 0.333. The number of hydrogen-bond donors (Lipinski definition) is 3. The lowest BCUT2D eigenvalue weighted by molar-refractivity contribution is -0.386. The van der Waals surface area contributed by atoms with Crippen LogP contribution in [-0.4, -0.2) is 33.2 Å². The van der Waals surface area contributed by atoms with E-state index in [4.69, 9.17) is 15.7 Å². The Balaban J connectivity index is 2.99. The van der Waals surface area contributed by atoms with Crippen molar-refractivity contribution in [1.29, 1.82) is 0 Å². The Kier molecular flexibility index (Phi) is 3.71. The summed E-state index contributed by atoms with van der Waals surface area (Å²) in [5.41, 5.74) is 1.74. The summed E-state index contributed by atoms with van der Waals surface area (Å²) in [4.78, 5) is 17.0. The predicted molar refractivity (Wildman–Crippen MR) is 49.1 cm³/mol. The lowest BCUT2D eigenvalue weighted by Gasteiger charge is -2.04. The number of aliphatic hydroxyl groups excluding tert-OH is 1. The van der Waals surface area contributed by atoms with E-state index >= 15 is 0 Å². The molecule has 0 unspecified atom stereocenters. The first-order valence-electron chi connectivity index (χ1n) is 3.90. The third kappa shape index (κ3) is 2.72. The highest BCUT2D eigenvalue weighted by molar-refractivity contribution is 5.42. The molecule has 0 aliphatic rings. The molecule has 0 radical (unpaired) electrons. The van der Waals surface area contributed by atoms with Gasteiger partial charge in [0.1, 0.15) is 12.8 Å². The molecule has 9 heteroatoms. The van der Waals surface area contributed by atoms with E-state index in [-0.39, 0.29) is 30.7 Å². The van der Waals surface area contributed by atoms with Crippen LogP contribution in [0.25, 0.3) is 0 Å². The number of rotatable bonds is 5. The van der Waals surface area contributed by atoms with Gasteiger partial charge in [-0.2, -0.15) is 4.98 Å². The summed E-state index contributed by atoms with van der Waals surface area (Å²) >= 11 is 0. The summed E-state index contributed by atoms with van der Waals surface area (Å²) in [7, 11) is 0. The second-order valence-electron chi connectivity index (χ2n) is 2.36. The average molecular weight is 215 g/mol. The van der Waals surface area contributed by atoms with Gasteiger partial charge in [-0.3, -0.25) is 15.5 Å². The van der Waals surface area contributed by atoms with Crippen molar-refractivity contribution in [3.63, 3.8) is 0 Å². The molecular formula is C6H9N5O4. The first kappa shape index (κ1) is 11.1. The maximum Gasteiger partial charge on any atom is 0.349 e. The van der Waals surface area contributed by atoms with Crippen LogP contribution in [0.4, 0.5) is 11.6 Å². The average Bonchev–Trinajstić information content (AvgIpc) is 2.25. The third-order valence-corrected chi connectivity index (χ3v) is 1.39. The lowest BCUT2D eigenvalue weighted by Crippen LogP contribution is -2.13. The van der Waals surface area contributed by atoms with Gasteiger partial charge in [0.25, 0.3) is 5.88 Å². The van der Waals surface area contributed by atoms with E-state index in [2.05, 4.69) is 15.4 Å². The highest BCUT2D eigenvalue weighted by Gasteiger charge is 2.18. The zero-order chi connectivity index (χ0) is 11.3. The number of aliphatic hydroxyl groups is 1. The molecule has 0 atom stereocenters. The van der Waals surface area contributed by atoms with Crippen LogP contribution in [0.5, 0.6) is 5.88 Å². The van der Waals surface area contributed by atoms with Crippen molar-refractivity contribution in [2.45, 2.75) is 0 Å². The summed E-state index contributed by atoms with van der Waals surface area (Å²) in [6, 6.07) is 0. The molecule has 0 spiro atoms. The van der Waals surface area contributed by atoms with Crippen molar-refractivity contribution in [2.24, 2.45) is 5.84 Å². The zero-order valence-corrected chi connectivity index (χ0v) is 7.58. The van der Waals surface area contributed by atoms with Crippen LogP contribution >= 0.6 is 0 Å². The van der Waals surface area contributed by atoms with E-state index < -0.39 is 4.92 Å². The lowest BCUT2D eigenvalue weighted by atomic mass is 10.5. The number of nitro groups is 1. The number of nitrogens with two attached hydrogens (primary N) is 1. The minimum absolute atomic E-state index is 0.00598. The monoisotopic (exact) mass is 215 g/mol. The van der Waals surface area contributed by atoms with E-state index in [1.165, 1.54) is 0 Å². The Morgan fingerprint density at radius 1 is 1.73 bits per heavy atom. The molecule has 82 valence electrons. The largest absolute Gasteiger partial charge is 0.470 e. The van der Waals surface area contributed by atoms with Crippen LogP contribution in [0.3, 0.4) is 0 Å². The van der Waals surface area contributed by atoms with Crippen LogP contribution in [0.15, 0.2) is 6.20 Å². The Bertz CT molecular complexity index is 357. The Morgan fingerprint density at radius 2 is 2.47 bits per heavy atom. The van der Waals surface area contributed by atoms with Gasteiger partial charge >= 0.3 is 5.69 Å². The smallest absolute Gasteiger partial charge is 0.349 e. The van der Waals surface area contributed by atoms with Crippen LogP contribution in [0, 0.1) is 10.1 Å². The molecule has 0 saturated heterocycles. The zero-order valence-electron chi connectivity index (χ0n) is 7.58. The van der Waals surface area contributed by atoms with Crippen molar-refractivity contribution in [3.05, 3.63) is 16.3 Å². The maximum absolute atomic E-state index is 10.5. The molecule has 4 N–H and O–H groups in total. The van der Waals surface area contributed by atoms with Crippen LogP contribution in [-0.2, 0) is 0 Å². The SMILES string of the molecule is NNc1ncc([N+](=O)[O-])c(OCCO)n1. The Hall–Kier alpha value is -2.00. The first-order chi connectivity index (χ1) is 7.19. The molecular weight excluding hydrogens is 206 g/mol. The summed E-state index contributed by atoms with van der Waals surface area (Å²) in [6.07, 6.45) is 0.967. The van der Waals surface area contributed by atoms with E-state index in [9.17, 15) is 10.1 Å². The highest BCUT2D eigenvalue weighted by Crippen LogP contribution is 2.23. The topological polar surface area (TPSA) is 136 Å². The second-order valence-corrected chi connectivity index (χ2v) is 2.36. The van der Waals surface area contributed by atoms with Gasteiger partial charge in [0.05, 0.1) is 11.5 Å². The van der Waals surface area contributed by atoms with Crippen molar-refractivity contribution in [3.8, 4) is 5.88 Å². The molecule has 1 aromatic rings. The van der Waals surface area contributed by atoms with E-state index in [0.717, 1.165) is 6.20 Å². The molecule has 0 amide bonds. The normalized spacial score (nSPS) is 9.73. The molecule has 0 aromatic carbocycles. The van der Waals surface area contributed by atoms with Gasteiger partial charge in [-0.15, -0.1) is 0 Å². The van der Waals surface area contributed by atoms with Crippen molar-refractivity contribution in [2.75, 3.05) is 18.6 Å². The number of hydrazine groups is 1. The molecule has 1 aromatic heterocycles. The number of aromatic nitrogens is 2. The van der Waals surface area contributed by atoms with Gasteiger partial charge < -0.3 is 9.84 Å². The summed E-state index contributed by atoms with van der Waals surface area (Å²) in [5.74, 6) is 4.78. The Morgan fingerprint density at radius 3 is 3.00 bits per heavy atom. The van der Waals surface area contributed by atoms with Crippen molar-refractivity contribution < 1.29 is 14.8 Å². The minimum atomic E-state index is -0.687. The number of anilines is 1. The molecule has 1 rings (SSSR count). The van der Waals surface area contributed by atoms with Gasteiger partial charge in [-0.1, -0.05) is 0 Å².